The van der Waals surface area contributed by atoms with Crippen LogP contribution in [0.1, 0.15) is 151 Å². The fraction of sp³-hybridized carbons (Fsp3) is 0.433. The lowest BCUT2D eigenvalue weighted by molar-refractivity contribution is -0.135. The number of aromatic hydroxyl groups is 2. The molecule has 3 aromatic carbocycles. The number of benzene rings is 3. The fourth-order valence-electron chi connectivity index (χ4n) is 13.2. The van der Waals surface area contributed by atoms with Crippen molar-refractivity contribution in [2.24, 2.45) is 11.8 Å². The number of carbonyl (C=O) groups excluding carboxylic acids is 2. The first-order valence-corrected chi connectivity index (χ1v) is 26.1. The highest BCUT2D eigenvalue weighted by molar-refractivity contribution is 6.05. The van der Waals surface area contributed by atoms with Gasteiger partial charge in [-0.1, -0.05) is 67.2 Å². The van der Waals surface area contributed by atoms with Gasteiger partial charge in [-0.25, -0.2) is 0 Å². The van der Waals surface area contributed by atoms with E-state index in [4.69, 9.17) is 4.74 Å². The number of hydrogen-bond acceptors (Lipinski definition) is 10. The van der Waals surface area contributed by atoms with E-state index in [2.05, 4.69) is 27.1 Å². The number of carbonyl (C=O) groups is 2. The number of aliphatic hydroxyl groups excluding tert-OH is 3. The van der Waals surface area contributed by atoms with Gasteiger partial charge in [0.25, 0.3) is 0 Å². The highest BCUT2D eigenvalue weighted by Crippen LogP contribution is 2.51. The number of aromatic nitrogens is 2. The summed E-state index contributed by atoms with van der Waals surface area (Å²) in [5.41, 5.74) is 5.86. The van der Waals surface area contributed by atoms with Crippen LogP contribution < -0.4 is 10.1 Å². The first-order chi connectivity index (χ1) is 34.9. The molecule has 9 N–H and O–H groups in total. The van der Waals surface area contributed by atoms with E-state index in [9.17, 15) is 35.4 Å². The van der Waals surface area contributed by atoms with Crippen molar-refractivity contribution in [3.63, 3.8) is 0 Å². The number of nitrogens with one attached hydrogen (secondary N) is 3. The number of phenols is 2. The molecule has 5 bridgehead atoms. The van der Waals surface area contributed by atoms with Crippen molar-refractivity contribution in [1.82, 2.24) is 9.97 Å². The third-order valence-corrected chi connectivity index (χ3v) is 17.1. The zero-order valence-electron chi connectivity index (χ0n) is 40.6. The monoisotopic (exact) mass is 971 g/mol. The molecule has 2 aliphatic heterocycles. The smallest absolute Gasteiger partial charge is 0.163 e. The van der Waals surface area contributed by atoms with Crippen LogP contribution in [-0.4, -0.2) is 82.6 Å². The molecule has 0 amide bonds. The lowest BCUT2D eigenvalue weighted by atomic mass is 9.65. The van der Waals surface area contributed by atoms with Gasteiger partial charge in [0.1, 0.15) is 29.5 Å². The SMILES string of the molecule is O=C1CCc2cc(OC3CCCC3)c(O)c(c2)[C@H](O)c2ccc3c(c2)Cc2cc[nH]c2N[C@H](C#CC[C@@H](O)C32CCCC2)C2=Cc3[nH]ccc3[C@@H](C[C@@]3(O)C=Cc4c(O)cccc4CC3)[C@@H]2C(=O)[C@@H]1CCO. The molecule has 12 nitrogen and oxygen atoms in total. The van der Waals surface area contributed by atoms with Crippen molar-refractivity contribution in [2.75, 3.05) is 11.9 Å². The van der Waals surface area contributed by atoms with Crippen molar-refractivity contribution in [2.45, 2.75) is 144 Å². The number of phenolic OH excluding ortho intramolecular Hbond substituents is 2. The number of ether oxygens (including phenoxy) is 1. The molecule has 4 heterocycles. The molecule has 4 aliphatic carbocycles. The standard InChI is InChI=1S/C60H65N3O9/c64-28-21-43-51(66)16-13-35-29-45(56(69)52(30-35)72-40-8-1-2-9-40)55(68)37-14-15-47-39(31-37)32-38-19-26-62-58(38)63-48(10-6-12-53(67)60(47)22-3-4-23-60)44-33-49-42(20-27-61-49)46(54(44)57(43)70)34-59(71)24-17-36-7-5-11-50(65)41(36)18-25-59/h5,7,11,14-15,18-20,25-27,29-31,33,40,43,46,48,53-55,61-65,67-69,71H,1-4,8-9,12-13,16-17,21-24,28,32,34H2/t43-,46-,48-,53-,54-,55-,59+/m1/s1. The van der Waals surface area contributed by atoms with E-state index in [0.717, 1.165) is 84.9 Å². The highest BCUT2D eigenvalue weighted by atomic mass is 16.5. The van der Waals surface area contributed by atoms with Crippen LogP contribution in [0.4, 0.5) is 5.82 Å². The summed E-state index contributed by atoms with van der Waals surface area (Å²) in [6.07, 6.45) is 15.3. The maximum absolute atomic E-state index is 16.0. The van der Waals surface area contributed by atoms with Gasteiger partial charge in [-0.15, -0.1) is 0 Å². The van der Waals surface area contributed by atoms with Gasteiger partial charge in [0.15, 0.2) is 17.3 Å². The minimum Gasteiger partial charge on any atom is -0.507 e. The second kappa shape index (κ2) is 19.6. The minimum atomic E-state index is -1.45. The molecular weight excluding hydrogens is 907 g/mol. The third-order valence-electron chi connectivity index (χ3n) is 17.1. The van der Waals surface area contributed by atoms with Gasteiger partial charge in [0.05, 0.1) is 23.7 Å². The fourth-order valence-corrected chi connectivity index (χ4v) is 13.2. The molecule has 5 aromatic rings. The zero-order valence-corrected chi connectivity index (χ0v) is 40.6. The van der Waals surface area contributed by atoms with Crippen molar-refractivity contribution in [3.05, 3.63) is 140 Å². The predicted molar refractivity (Wildman–Crippen MR) is 275 cm³/mol. The number of aliphatic hydroxyl groups is 4. The molecule has 0 saturated heterocycles. The molecule has 12 heteroatoms. The topological polar surface area (TPSA) is 208 Å². The Bertz CT molecular complexity index is 3010. The number of aryl methyl sites for hydroxylation is 2. The molecule has 2 fully saturated rings. The van der Waals surface area contributed by atoms with Gasteiger partial charge < -0.3 is 50.7 Å². The number of anilines is 1. The summed E-state index contributed by atoms with van der Waals surface area (Å²) in [5.74, 6) is 4.04. The van der Waals surface area contributed by atoms with Gasteiger partial charge in [-0.05, 0) is 152 Å². The molecule has 2 saturated carbocycles. The normalized spacial score (nSPS) is 27.0. The van der Waals surface area contributed by atoms with E-state index < -0.39 is 59.4 Å². The second-order valence-electron chi connectivity index (χ2n) is 21.4. The minimum absolute atomic E-state index is 0.0774. The summed E-state index contributed by atoms with van der Waals surface area (Å²) in [6.45, 7) is -0.426. The summed E-state index contributed by atoms with van der Waals surface area (Å²) < 4.78 is 6.47. The predicted octanol–water partition coefficient (Wildman–Crippen LogP) is 8.77. The van der Waals surface area contributed by atoms with E-state index >= 15 is 4.79 Å². The van der Waals surface area contributed by atoms with Crippen molar-refractivity contribution >= 4 is 29.5 Å². The Hall–Kier alpha value is -6.36. The van der Waals surface area contributed by atoms with Crippen LogP contribution in [0.25, 0.3) is 12.2 Å². The largest absolute Gasteiger partial charge is 0.507 e. The Morgan fingerprint density at radius 1 is 0.833 bits per heavy atom. The number of fused-ring (bicyclic) bond motifs is 9. The van der Waals surface area contributed by atoms with Crippen LogP contribution in [-0.2, 0) is 34.3 Å². The third kappa shape index (κ3) is 8.89. The lowest BCUT2D eigenvalue weighted by Crippen LogP contribution is -2.43. The Kier molecular flexibility index (Phi) is 13.0. The Morgan fingerprint density at radius 2 is 1.65 bits per heavy atom. The molecule has 72 heavy (non-hydrogen) atoms. The van der Waals surface area contributed by atoms with Crippen LogP contribution in [0, 0.1) is 23.7 Å². The molecule has 1 spiro atoms. The van der Waals surface area contributed by atoms with Crippen LogP contribution in [0.5, 0.6) is 17.2 Å². The van der Waals surface area contributed by atoms with E-state index in [0.29, 0.717) is 47.3 Å². The Balaban J connectivity index is 1.09. The van der Waals surface area contributed by atoms with Crippen LogP contribution in [0.3, 0.4) is 0 Å². The van der Waals surface area contributed by atoms with E-state index in [-0.39, 0.29) is 66.8 Å². The first kappa shape index (κ1) is 47.9. The average Bonchev–Trinajstić information content (AvgIpc) is 4.23. The first-order valence-electron chi connectivity index (χ1n) is 26.1. The summed E-state index contributed by atoms with van der Waals surface area (Å²) in [7, 11) is 0. The average molecular weight is 972 g/mol. The van der Waals surface area contributed by atoms with E-state index in [1.54, 1.807) is 36.4 Å². The Morgan fingerprint density at radius 3 is 2.47 bits per heavy atom. The number of rotatable bonds is 6. The van der Waals surface area contributed by atoms with Crippen LogP contribution in [0.2, 0.25) is 0 Å². The molecule has 0 unspecified atom stereocenters. The number of ketones is 2. The van der Waals surface area contributed by atoms with E-state index in [1.807, 2.05) is 54.9 Å². The summed E-state index contributed by atoms with van der Waals surface area (Å²) in [4.78, 5) is 37.7. The van der Waals surface area contributed by atoms with Gasteiger partial charge >= 0.3 is 0 Å². The summed E-state index contributed by atoms with van der Waals surface area (Å²) in [5, 5.41) is 74.9. The molecule has 0 radical (unpaired) electrons. The number of H-pyrrole nitrogens is 2. The number of aromatic amines is 2. The maximum atomic E-state index is 16.0. The molecule has 374 valence electrons. The summed E-state index contributed by atoms with van der Waals surface area (Å²) >= 11 is 0. The highest BCUT2D eigenvalue weighted by Gasteiger charge is 2.48. The van der Waals surface area contributed by atoms with Gasteiger partial charge in [-0.2, -0.15) is 0 Å². The van der Waals surface area contributed by atoms with Gasteiger partial charge in [0.2, 0.25) is 0 Å². The lowest BCUT2D eigenvalue weighted by Gasteiger charge is -2.39. The molecule has 7 atom stereocenters. The van der Waals surface area contributed by atoms with Crippen molar-refractivity contribution in [1.29, 1.82) is 0 Å². The Labute approximate surface area is 420 Å². The molecule has 11 rings (SSSR count). The zero-order chi connectivity index (χ0) is 49.7. The molecule has 6 aliphatic rings. The van der Waals surface area contributed by atoms with E-state index in [1.165, 1.54) is 0 Å². The van der Waals surface area contributed by atoms with Gasteiger partial charge in [0, 0.05) is 72.3 Å². The van der Waals surface area contributed by atoms with Crippen molar-refractivity contribution < 1.29 is 45.0 Å². The molecule has 2 aromatic heterocycles. The summed E-state index contributed by atoms with van der Waals surface area (Å²) in [6, 6.07) is 17.9. The van der Waals surface area contributed by atoms with Crippen LogP contribution in [0.15, 0.2) is 84.7 Å². The quantitative estimate of drug-likeness (QED) is 0.0584. The van der Waals surface area contributed by atoms with Crippen LogP contribution >= 0.6 is 0 Å². The van der Waals surface area contributed by atoms with Crippen molar-refractivity contribution in [3.8, 4) is 29.1 Å². The number of Topliss-reactive ketones (excluding diaryl/α,β-unsaturated/α-hetero) is 2. The number of hydrogen-bond donors (Lipinski definition) is 9. The molecular formula is C60H65N3O9. The second-order valence-corrected chi connectivity index (χ2v) is 21.4. The van der Waals surface area contributed by atoms with Gasteiger partial charge in [-0.3, -0.25) is 9.59 Å². The maximum Gasteiger partial charge on any atom is 0.163 e.